The van der Waals surface area contributed by atoms with Crippen molar-refractivity contribution in [3.63, 3.8) is 0 Å². The van der Waals surface area contributed by atoms with Crippen molar-refractivity contribution in [3.8, 4) is 0 Å². The normalized spacial score (nSPS) is 17.6. The van der Waals surface area contributed by atoms with Crippen LogP contribution in [-0.4, -0.2) is 42.3 Å². The van der Waals surface area contributed by atoms with E-state index in [2.05, 4.69) is 10.2 Å². The number of hydrogen-bond donors (Lipinski definition) is 2. The van der Waals surface area contributed by atoms with Gasteiger partial charge in [0.1, 0.15) is 5.82 Å². The van der Waals surface area contributed by atoms with Crippen LogP contribution in [-0.2, 0) is 6.54 Å². The molecule has 2 N–H and O–H groups in total. The Morgan fingerprint density at radius 2 is 2.10 bits per heavy atom. The molecule has 0 atom stereocenters. The molecule has 1 fully saturated rings. The Bertz CT molecular complexity index is 422. The average Bonchev–Trinajstić information content (AvgIpc) is 2.44. The first-order chi connectivity index (χ1) is 9.65. The van der Waals surface area contributed by atoms with Gasteiger partial charge in [-0.05, 0) is 50.0 Å². The van der Waals surface area contributed by atoms with Gasteiger partial charge in [-0.2, -0.15) is 0 Å². The zero-order valence-electron chi connectivity index (χ0n) is 11.6. The SMILES string of the molecule is OC1CCN(CCCNCc2ccc(F)c(Cl)c2)CC1. The molecule has 0 radical (unpaired) electrons. The predicted octanol–water partition coefficient (Wildman–Crippen LogP) is 2.42. The second-order valence-corrected chi connectivity index (χ2v) is 5.76. The summed E-state index contributed by atoms with van der Waals surface area (Å²) in [5, 5.41) is 12.9. The highest BCUT2D eigenvalue weighted by atomic mass is 35.5. The fourth-order valence-corrected chi connectivity index (χ4v) is 2.66. The van der Waals surface area contributed by atoms with Crippen molar-refractivity contribution in [2.45, 2.75) is 31.9 Å². The third-order valence-corrected chi connectivity index (χ3v) is 3.99. The molecule has 1 aromatic rings. The van der Waals surface area contributed by atoms with Crippen LogP contribution in [0.1, 0.15) is 24.8 Å². The van der Waals surface area contributed by atoms with Crippen molar-refractivity contribution in [2.24, 2.45) is 0 Å². The Labute approximate surface area is 124 Å². The van der Waals surface area contributed by atoms with Gasteiger partial charge in [-0.15, -0.1) is 0 Å². The molecular formula is C15H22ClFN2O. The van der Waals surface area contributed by atoms with E-state index >= 15 is 0 Å². The van der Waals surface area contributed by atoms with Gasteiger partial charge in [0, 0.05) is 19.6 Å². The number of nitrogens with zero attached hydrogens (tertiary/aromatic N) is 1. The highest BCUT2D eigenvalue weighted by molar-refractivity contribution is 6.30. The van der Waals surface area contributed by atoms with Gasteiger partial charge in [-0.1, -0.05) is 17.7 Å². The lowest BCUT2D eigenvalue weighted by molar-refractivity contribution is 0.0821. The van der Waals surface area contributed by atoms with E-state index in [-0.39, 0.29) is 16.9 Å². The minimum absolute atomic E-state index is 0.104. The first-order valence-corrected chi connectivity index (χ1v) is 7.58. The molecule has 5 heteroatoms. The largest absolute Gasteiger partial charge is 0.393 e. The maximum absolute atomic E-state index is 13.0. The molecule has 0 unspecified atom stereocenters. The third-order valence-electron chi connectivity index (χ3n) is 3.70. The van der Waals surface area contributed by atoms with E-state index in [0.717, 1.165) is 51.0 Å². The Hall–Kier alpha value is -0.680. The van der Waals surface area contributed by atoms with E-state index in [1.807, 2.05) is 0 Å². The first kappa shape index (κ1) is 15.7. The van der Waals surface area contributed by atoms with E-state index in [9.17, 15) is 9.50 Å². The molecule has 20 heavy (non-hydrogen) atoms. The van der Waals surface area contributed by atoms with Crippen LogP contribution in [0.4, 0.5) is 4.39 Å². The van der Waals surface area contributed by atoms with Gasteiger partial charge in [-0.3, -0.25) is 0 Å². The lowest BCUT2D eigenvalue weighted by Gasteiger charge is -2.29. The lowest BCUT2D eigenvalue weighted by atomic mass is 10.1. The van der Waals surface area contributed by atoms with Crippen LogP contribution in [0.2, 0.25) is 5.02 Å². The number of rotatable bonds is 6. The molecule has 3 nitrogen and oxygen atoms in total. The van der Waals surface area contributed by atoms with Crippen molar-refractivity contribution in [3.05, 3.63) is 34.6 Å². The van der Waals surface area contributed by atoms with Crippen LogP contribution in [0.5, 0.6) is 0 Å². The molecule has 0 bridgehead atoms. The van der Waals surface area contributed by atoms with Gasteiger partial charge in [0.2, 0.25) is 0 Å². The number of nitrogens with one attached hydrogen (secondary N) is 1. The van der Waals surface area contributed by atoms with Gasteiger partial charge in [-0.25, -0.2) is 4.39 Å². The second kappa shape index (κ2) is 7.93. The number of hydrogen-bond acceptors (Lipinski definition) is 3. The molecule has 0 aliphatic carbocycles. The summed E-state index contributed by atoms with van der Waals surface area (Å²) >= 11 is 5.74. The Morgan fingerprint density at radius 3 is 2.80 bits per heavy atom. The fourth-order valence-electron chi connectivity index (χ4n) is 2.45. The van der Waals surface area contributed by atoms with Crippen LogP contribution < -0.4 is 5.32 Å². The van der Waals surface area contributed by atoms with Gasteiger partial charge in [0.05, 0.1) is 11.1 Å². The van der Waals surface area contributed by atoms with Crippen molar-refractivity contribution in [2.75, 3.05) is 26.2 Å². The summed E-state index contributed by atoms with van der Waals surface area (Å²) in [7, 11) is 0. The summed E-state index contributed by atoms with van der Waals surface area (Å²) < 4.78 is 13.0. The van der Waals surface area contributed by atoms with E-state index in [4.69, 9.17) is 11.6 Å². The van der Waals surface area contributed by atoms with Crippen LogP contribution in [0.15, 0.2) is 18.2 Å². The average molecular weight is 301 g/mol. The third kappa shape index (κ3) is 5.02. The molecule has 1 aliphatic heterocycles. The zero-order valence-corrected chi connectivity index (χ0v) is 12.4. The van der Waals surface area contributed by atoms with Crippen molar-refractivity contribution in [1.29, 1.82) is 0 Å². The number of aliphatic hydroxyl groups is 1. The number of piperidine rings is 1. The molecule has 1 aliphatic rings. The van der Waals surface area contributed by atoms with Crippen LogP contribution in [0.25, 0.3) is 0 Å². The molecule has 0 saturated carbocycles. The van der Waals surface area contributed by atoms with Gasteiger partial charge in [0.15, 0.2) is 0 Å². The minimum Gasteiger partial charge on any atom is -0.393 e. The van der Waals surface area contributed by atoms with Gasteiger partial charge >= 0.3 is 0 Å². The number of halogens is 2. The minimum atomic E-state index is -0.372. The quantitative estimate of drug-likeness (QED) is 0.792. The summed E-state index contributed by atoms with van der Waals surface area (Å²) in [5.74, 6) is -0.372. The molecule has 1 aromatic carbocycles. The van der Waals surface area contributed by atoms with Crippen molar-refractivity contribution in [1.82, 2.24) is 10.2 Å². The van der Waals surface area contributed by atoms with E-state index in [1.165, 1.54) is 6.07 Å². The molecule has 2 rings (SSSR count). The Balaban J connectivity index is 1.58. The summed E-state index contributed by atoms with van der Waals surface area (Å²) in [6.45, 7) is 4.68. The fraction of sp³-hybridized carbons (Fsp3) is 0.600. The monoisotopic (exact) mass is 300 g/mol. The first-order valence-electron chi connectivity index (χ1n) is 7.20. The standard InChI is InChI=1S/C15H22ClFN2O/c16-14-10-12(2-3-15(14)17)11-18-6-1-7-19-8-4-13(20)5-9-19/h2-3,10,13,18,20H,1,4-9,11H2. The predicted molar refractivity (Wildman–Crippen MR) is 79.4 cm³/mol. The van der Waals surface area contributed by atoms with Gasteiger partial charge < -0.3 is 15.3 Å². The maximum Gasteiger partial charge on any atom is 0.141 e. The summed E-state index contributed by atoms with van der Waals surface area (Å²) in [6.07, 6.45) is 2.75. The molecular weight excluding hydrogens is 279 g/mol. The topological polar surface area (TPSA) is 35.5 Å². The van der Waals surface area contributed by atoms with Gasteiger partial charge in [0.25, 0.3) is 0 Å². The smallest absolute Gasteiger partial charge is 0.141 e. The number of likely N-dealkylation sites (tertiary alicyclic amines) is 1. The van der Waals surface area contributed by atoms with Crippen molar-refractivity contribution >= 4 is 11.6 Å². The summed E-state index contributed by atoms with van der Waals surface area (Å²) in [6, 6.07) is 4.81. The maximum atomic E-state index is 13.0. The van der Waals surface area contributed by atoms with Crippen LogP contribution >= 0.6 is 11.6 Å². The highest BCUT2D eigenvalue weighted by Crippen LogP contribution is 2.15. The molecule has 0 spiro atoms. The van der Waals surface area contributed by atoms with E-state index < -0.39 is 0 Å². The van der Waals surface area contributed by atoms with E-state index in [0.29, 0.717) is 6.54 Å². The number of aliphatic hydroxyl groups excluding tert-OH is 1. The summed E-state index contributed by atoms with van der Waals surface area (Å²) in [4.78, 5) is 2.39. The zero-order chi connectivity index (χ0) is 14.4. The Kier molecular flexibility index (Phi) is 6.23. The van der Waals surface area contributed by atoms with Crippen LogP contribution in [0, 0.1) is 5.82 Å². The molecule has 0 amide bonds. The molecule has 1 saturated heterocycles. The molecule has 1 heterocycles. The van der Waals surface area contributed by atoms with E-state index in [1.54, 1.807) is 12.1 Å². The number of benzene rings is 1. The Morgan fingerprint density at radius 1 is 1.35 bits per heavy atom. The van der Waals surface area contributed by atoms with Crippen LogP contribution in [0.3, 0.4) is 0 Å². The second-order valence-electron chi connectivity index (χ2n) is 5.35. The summed E-state index contributed by atoms with van der Waals surface area (Å²) in [5.41, 5.74) is 0.998. The van der Waals surface area contributed by atoms with Crippen molar-refractivity contribution < 1.29 is 9.50 Å². The molecule has 0 aromatic heterocycles. The lowest BCUT2D eigenvalue weighted by Crippen LogP contribution is -2.37. The molecule has 112 valence electrons. The highest BCUT2D eigenvalue weighted by Gasteiger charge is 2.15.